The van der Waals surface area contributed by atoms with Crippen molar-refractivity contribution in [3.63, 3.8) is 0 Å². The molecule has 0 bridgehead atoms. The van der Waals surface area contributed by atoms with Crippen LogP contribution in [0.25, 0.3) is 0 Å². The molecule has 1 aromatic carbocycles. The van der Waals surface area contributed by atoms with E-state index in [0.717, 1.165) is 0 Å². The van der Waals surface area contributed by atoms with Crippen molar-refractivity contribution in [1.29, 1.82) is 0 Å². The predicted molar refractivity (Wildman–Crippen MR) is 54.5 cm³/mol. The first-order valence-corrected chi connectivity index (χ1v) is 4.11. The first-order valence-electron chi connectivity index (χ1n) is 4.11. The molecule has 0 aliphatic carbocycles. The Balaban J connectivity index is 2.34. The van der Waals surface area contributed by atoms with E-state index in [2.05, 4.69) is 10.7 Å². The Morgan fingerprint density at radius 3 is 2.20 bits per heavy atom. The third kappa shape index (κ3) is 3.96. The van der Waals surface area contributed by atoms with E-state index in [9.17, 15) is 9.59 Å². The van der Waals surface area contributed by atoms with Crippen LogP contribution < -0.4 is 27.4 Å². The molecule has 0 aliphatic rings. The van der Waals surface area contributed by atoms with Gasteiger partial charge in [0.05, 0.1) is 0 Å². The second-order valence-electron chi connectivity index (χ2n) is 2.54. The van der Waals surface area contributed by atoms with Gasteiger partial charge < -0.3 is 5.32 Å². The van der Waals surface area contributed by atoms with Crippen LogP contribution in [0.2, 0.25) is 0 Å². The molecule has 0 atom stereocenters. The highest BCUT2D eigenvalue weighted by Crippen LogP contribution is 2.03. The minimum absolute atomic E-state index is 0.565. The van der Waals surface area contributed by atoms with Gasteiger partial charge in [0.1, 0.15) is 0 Å². The number of rotatable bonds is 1. The van der Waals surface area contributed by atoms with Gasteiger partial charge in [-0.15, -0.1) is 0 Å². The van der Waals surface area contributed by atoms with E-state index in [4.69, 9.17) is 5.84 Å². The molecule has 0 fully saturated rings. The van der Waals surface area contributed by atoms with E-state index in [1.54, 1.807) is 29.7 Å². The van der Waals surface area contributed by atoms with E-state index < -0.39 is 12.1 Å². The third-order valence-electron chi connectivity index (χ3n) is 1.45. The Bertz CT molecular complexity index is 340. The van der Waals surface area contributed by atoms with E-state index in [-0.39, 0.29) is 0 Å². The molecule has 0 unspecified atom stereocenters. The van der Waals surface area contributed by atoms with Crippen LogP contribution in [0, 0.1) is 0 Å². The first kappa shape index (κ1) is 10.8. The maximum absolute atomic E-state index is 11.1. The summed E-state index contributed by atoms with van der Waals surface area (Å²) in [4.78, 5) is 21.7. The quantitative estimate of drug-likeness (QED) is 0.253. The van der Waals surface area contributed by atoms with Crippen LogP contribution in [-0.2, 0) is 0 Å². The second kappa shape index (κ2) is 5.45. The van der Waals surface area contributed by atoms with Crippen LogP contribution in [0.3, 0.4) is 0 Å². The maximum atomic E-state index is 11.1. The summed E-state index contributed by atoms with van der Waals surface area (Å²) >= 11 is 0. The topological polar surface area (TPSA) is 108 Å². The van der Waals surface area contributed by atoms with E-state index in [1.165, 1.54) is 0 Å². The Morgan fingerprint density at radius 1 is 1.00 bits per heavy atom. The normalized spacial score (nSPS) is 8.87. The number of carbonyl (C=O) groups excluding carboxylic acids is 2. The first-order chi connectivity index (χ1) is 7.22. The molecular formula is C8H11N5O2. The second-order valence-corrected chi connectivity index (χ2v) is 2.54. The zero-order valence-corrected chi connectivity index (χ0v) is 7.78. The predicted octanol–water partition coefficient (Wildman–Crippen LogP) is -0.104. The monoisotopic (exact) mass is 209 g/mol. The van der Waals surface area contributed by atoms with Crippen molar-refractivity contribution < 1.29 is 9.59 Å². The number of hydrogen-bond acceptors (Lipinski definition) is 3. The minimum atomic E-state index is -0.710. The molecule has 0 radical (unpaired) electrons. The Morgan fingerprint density at radius 2 is 1.60 bits per heavy atom. The lowest BCUT2D eigenvalue weighted by Crippen LogP contribution is -2.50. The van der Waals surface area contributed by atoms with Crippen molar-refractivity contribution in [2.75, 3.05) is 5.32 Å². The Hall–Kier alpha value is -2.28. The summed E-state index contributed by atoms with van der Waals surface area (Å²) in [5, 5.41) is 2.49. The molecule has 80 valence electrons. The summed E-state index contributed by atoms with van der Waals surface area (Å²) in [5.74, 6) is 4.78. The van der Waals surface area contributed by atoms with Crippen LogP contribution in [0.5, 0.6) is 0 Å². The van der Waals surface area contributed by atoms with Gasteiger partial charge in [-0.2, -0.15) is 0 Å². The van der Waals surface area contributed by atoms with Gasteiger partial charge in [-0.1, -0.05) is 18.2 Å². The lowest BCUT2D eigenvalue weighted by Gasteiger charge is -2.07. The standard InChI is InChI=1S/C8H11N5O2/c9-11-8(15)13-12-7(14)10-6-4-2-1-3-5-6/h1-5H,9H2,(H2,10,12,14)(H2,11,13,15). The lowest BCUT2D eigenvalue weighted by molar-refractivity contribution is 0.230. The summed E-state index contributed by atoms with van der Waals surface area (Å²) in [6.07, 6.45) is 0. The molecule has 6 N–H and O–H groups in total. The molecule has 0 saturated carbocycles. The fourth-order valence-electron chi connectivity index (χ4n) is 0.833. The van der Waals surface area contributed by atoms with Crippen molar-refractivity contribution in [2.24, 2.45) is 5.84 Å². The molecule has 0 aliphatic heterocycles. The molecule has 0 saturated heterocycles. The summed E-state index contributed by atoms with van der Waals surface area (Å²) in [6.45, 7) is 0. The zero-order valence-electron chi connectivity index (χ0n) is 7.78. The van der Waals surface area contributed by atoms with Gasteiger partial charge in [0.15, 0.2) is 0 Å². The van der Waals surface area contributed by atoms with Crippen LogP contribution in [-0.4, -0.2) is 12.1 Å². The van der Waals surface area contributed by atoms with Gasteiger partial charge in [-0.05, 0) is 12.1 Å². The number of hydrogen-bond donors (Lipinski definition) is 5. The number of urea groups is 2. The van der Waals surface area contributed by atoms with Gasteiger partial charge in [0, 0.05) is 5.69 Å². The van der Waals surface area contributed by atoms with E-state index >= 15 is 0 Å². The highest BCUT2D eigenvalue weighted by atomic mass is 16.2. The van der Waals surface area contributed by atoms with Crippen LogP contribution in [0.1, 0.15) is 0 Å². The van der Waals surface area contributed by atoms with Gasteiger partial charge >= 0.3 is 12.1 Å². The number of hydrazine groups is 2. The zero-order chi connectivity index (χ0) is 11.1. The van der Waals surface area contributed by atoms with Crippen molar-refractivity contribution in [3.8, 4) is 0 Å². The van der Waals surface area contributed by atoms with Crippen molar-refractivity contribution in [2.45, 2.75) is 0 Å². The fraction of sp³-hybridized carbons (Fsp3) is 0. The molecule has 7 heteroatoms. The molecule has 0 aromatic heterocycles. The van der Waals surface area contributed by atoms with Crippen LogP contribution in [0.4, 0.5) is 15.3 Å². The number of nitrogens with one attached hydrogen (secondary N) is 4. The lowest BCUT2D eigenvalue weighted by atomic mass is 10.3. The number of nitrogens with two attached hydrogens (primary N) is 1. The molecule has 7 nitrogen and oxygen atoms in total. The third-order valence-corrected chi connectivity index (χ3v) is 1.45. The summed E-state index contributed by atoms with van der Waals surface area (Å²) in [5.41, 5.74) is 6.51. The largest absolute Gasteiger partial charge is 0.347 e. The van der Waals surface area contributed by atoms with Crippen molar-refractivity contribution >= 4 is 17.7 Å². The van der Waals surface area contributed by atoms with Gasteiger partial charge in [0.2, 0.25) is 0 Å². The average molecular weight is 209 g/mol. The fourth-order valence-corrected chi connectivity index (χ4v) is 0.833. The molecular weight excluding hydrogens is 198 g/mol. The number of carbonyl (C=O) groups is 2. The smallest absolute Gasteiger partial charge is 0.307 e. The minimum Gasteiger partial charge on any atom is -0.307 e. The average Bonchev–Trinajstić information content (AvgIpc) is 2.27. The van der Waals surface area contributed by atoms with Crippen LogP contribution in [0.15, 0.2) is 30.3 Å². The highest BCUT2D eigenvalue weighted by Gasteiger charge is 2.01. The van der Waals surface area contributed by atoms with Crippen molar-refractivity contribution in [3.05, 3.63) is 30.3 Å². The number of anilines is 1. The number of para-hydroxylation sites is 1. The molecule has 0 spiro atoms. The summed E-state index contributed by atoms with van der Waals surface area (Å²) in [6, 6.07) is 7.52. The van der Waals surface area contributed by atoms with Gasteiger partial charge in [-0.3, -0.25) is 5.43 Å². The number of benzene rings is 1. The summed E-state index contributed by atoms with van der Waals surface area (Å²) in [7, 11) is 0. The van der Waals surface area contributed by atoms with Gasteiger partial charge in [-0.25, -0.2) is 26.3 Å². The Labute approximate surface area is 86.0 Å². The molecule has 1 rings (SSSR count). The molecule has 0 heterocycles. The molecule has 1 aromatic rings. The molecule has 4 amide bonds. The summed E-state index contributed by atoms with van der Waals surface area (Å²) < 4.78 is 0. The number of amides is 4. The van der Waals surface area contributed by atoms with E-state index in [1.807, 2.05) is 11.5 Å². The molecule has 15 heavy (non-hydrogen) atoms. The van der Waals surface area contributed by atoms with Gasteiger partial charge in [0.25, 0.3) is 0 Å². The highest BCUT2D eigenvalue weighted by molar-refractivity contribution is 5.90. The Kier molecular flexibility index (Phi) is 3.92. The van der Waals surface area contributed by atoms with Crippen LogP contribution >= 0.6 is 0 Å². The SMILES string of the molecule is NNC(=O)NNC(=O)Nc1ccccc1. The maximum Gasteiger partial charge on any atom is 0.347 e. The van der Waals surface area contributed by atoms with E-state index in [0.29, 0.717) is 5.69 Å². The van der Waals surface area contributed by atoms with Crippen molar-refractivity contribution in [1.82, 2.24) is 16.3 Å².